The van der Waals surface area contributed by atoms with E-state index in [-0.39, 0.29) is 24.4 Å². The first-order chi connectivity index (χ1) is 7.69. The van der Waals surface area contributed by atoms with Crippen molar-refractivity contribution in [3.63, 3.8) is 0 Å². The summed E-state index contributed by atoms with van der Waals surface area (Å²) in [6.07, 6.45) is 1.21. The van der Waals surface area contributed by atoms with Crippen molar-refractivity contribution >= 4 is 0 Å². The number of aliphatic hydroxyl groups excluding tert-OH is 1. The molecule has 1 aliphatic rings. The number of hydrogen-bond acceptors (Lipinski definition) is 4. The lowest BCUT2D eigenvalue weighted by molar-refractivity contribution is -0.210. The van der Waals surface area contributed by atoms with Gasteiger partial charge in [-0.15, -0.1) is 0 Å². The van der Waals surface area contributed by atoms with Crippen molar-refractivity contribution in [2.75, 3.05) is 19.8 Å². The zero-order valence-corrected chi connectivity index (χ0v) is 10.5. The molecule has 0 aromatic carbocycles. The van der Waals surface area contributed by atoms with Gasteiger partial charge >= 0.3 is 0 Å². The smallest absolute Gasteiger partial charge is 0.110 e. The summed E-state index contributed by atoms with van der Waals surface area (Å²) >= 11 is 0. The average Bonchev–Trinajstić information content (AvgIpc) is 2.26. The van der Waals surface area contributed by atoms with Gasteiger partial charge in [0.1, 0.15) is 6.10 Å². The molecule has 0 bridgehead atoms. The normalized spacial score (nSPS) is 31.1. The number of ether oxygens (including phenoxy) is 3. The van der Waals surface area contributed by atoms with Crippen molar-refractivity contribution in [3.8, 4) is 0 Å². The zero-order valence-electron chi connectivity index (χ0n) is 10.5. The predicted molar refractivity (Wildman–Crippen MR) is 61.5 cm³/mol. The van der Waals surface area contributed by atoms with Crippen molar-refractivity contribution in [2.45, 2.75) is 58.0 Å². The van der Waals surface area contributed by atoms with Crippen LogP contribution in [-0.2, 0) is 14.2 Å². The Bertz CT molecular complexity index is 186. The number of hydrogen-bond donors (Lipinski definition) is 1. The molecule has 0 saturated heterocycles. The molecule has 1 rings (SSSR count). The van der Waals surface area contributed by atoms with Gasteiger partial charge in [-0.2, -0.15) is 0 Å². The van der Waals surface area contributed by atoms with Crippen LogP contribution in [0.15, 0.2) is 0 Å². The fourth-order valence-corrected chi connectivity index (χ4v) is 1.79. The van der Waals surface area contributed by atoms with Crippen LogP contribution in [0.4, 0.5) is 0 Å². The fraction of sp³-hybridized carbons (Fsp3) is 1.00. The molecule has 16 heavy (non-hydrogen) atoms. The van der Waals surface area contributed by atoms with Crippen LogP contribution >= 0.6 is 0 Å². The van der Waals surface area contributed by atoms with Crippen molar-refractivity contribution in [3.05, 3.63) is 0 Å². The Balaban J connectivity index is 2.20. The molecule has 0 amide bonds. The first-order valence-electron chi connectivity index (χ1n) is 6.21. The molecular formula is C12H24O4. The maximum absolute atomic E-state index is 9.56. The van der Waals surface area contributed by atoms with Crippen LogP contribution < -0.4 is 0 Å². The Morgan fingerprint density at radius 1 is 1.38 bits per heavy atom. The van der Waals surface area contributed by atoms with Gasteiger partial charge in [0.05, 0.1) is 24.9 Å². The lowest BCUT2D eigenvalue weighted by Gasteiger charge is -2.42. The molecule has 1 aliphatic carbocycles. The van der Waals surface area contributed by atoms with E-state index in [0.29, 0.717) is 26.2 Å². The Morgan fingerprint density at radius 3 is 2.69 bits per heavy atom. The van der Waals surface area contributed by atoms with Crippen molar-refractivity contribution in [2.24, 2.45) is 0 Å². The van der Waals surface area contributed by atoms with E-state index in [0.717, 1.165) is 6.42 Å². The molecule has 0 spiro atoms. The highest BCUT2D eigenvalue weighted by molar-refractivity contribution is 4.92. The second kappa shape index (κ2) is 7.22. The largest absolute Gasteiger partial charge is 0.390 e. The minimum Gasteiger partial charge on any atom is -0.390 e. The Morgan fingerprint density at radius 2 is 2.12 bits per heavy atom. The molecule has 1 N–H and O–H groups in total. The molecule has 96 valence electrons. The maximum Gasteiger partial charge on any atom is 0.110 e. The topological polar surface area (TPSA) is 47.9 Å². The lowest BCUT2D eigenvalue weighted by atomic mass is 9.88. The number of rotatable bonds is 8. The van der Waals surface area contributed by atoms with Crippen LogP contribution in [0.3, 0.4) is 0 Å². The summed E-state index contributed by atoms with van der Waals surface area (Å²) in [7, 11) is 0. The summed E-state index contributed by atoms with van der Waals surface area (Å²) in [5, 5.41) is 9.56. The Kier molecular flexibility index (Phi) is 6.28. The van der Waals surface area contributed by atoms with Gasteiger partial charge in [-0.05, 0) is 20.3 Å². The molecule has 0 heterocycles. The highest BCUT2D eigenvalue weighted by Crippen LogP contribution is 2.28. The molecule has 4 heteroatoms. The fourth-order valence-electron chi connectivity index (χ4n) is 1.79. The third-order valence-electron chi connectivity index (χ3n) is 2.70. The van der Waals surface area contributed by atoms with Gasteiger partial charge in [-0.3, -0.25) is 0 Å². The average molecular weight is 232 g/mol. The van der Waals surface area contributed by atoms with Crippen LogP contribution in [0.2, 0.25) is 0 Å². The molecule has 1 fully saturated rings. The van der Waals surface area contributed by atoms with E-state index in [1.165, 1.54) is 0 Å². The molecule has 1 saturated carbocycles. The van der Waals surface area contributed by atoms with Gasteiger partial charge in [-0.25, -0.2) is 0 Å². The van der Waals surface area contributed by atoms with Gasteiger partial charge in [-0.1, -0.05) is 6.92 Å². The maximum atomic E-state index is 9.56. The summed E-state index contributed by atoms with van der Waals surface area (Å²) in [4.78, 5) is 0. The summed E-state index contributed by atoms with van der Waals surface area (Å²) < 4.78 is 16.6. The Labute approximate surface area is 97.9 Å². The van der Waals surface area contributed by atoms with Gasteiger partial charge in [0.2, 0.25) is 0 Å². The first kappa shape index (κ1) is 13.9. The van der Waals surface area contributed by atoms with E-state index in [4.69, 9.17) is 14.2 Å². The second-order valence-corrected chi connectivity index (χ2v) is 4.28. The van der Waals surface area contributed by atoms with Gasteiger partial charge in [0, 0.05) is 19.6 Å². The van der Waals surface area contributed by atoms with Crippen LogP contribution in [0, 0.1) is 0 Å². The Hall–Kier alpha value is -0.160. The predicted octanol–water partition coefficient (Wildman–Crippen LogP) is 1.36. The van der Waals surface area contributed by atoms with Crippen molar-refractivity contribution in [1.29, 1.82) is 0 Å². The molecule has 0 aromatic rings. The summed E-state index contributed by atoms with van der Waals surface area (Å²) in [5.74, 6) is 0. The first-order valence-corrected chi connectivity index (χ1v) is 6.21. The van der Waals surface area contributed by atoms with E-state index < -0.39 is 0 Å². The van der Waals surface area contributed by atoms with Gasteiger partial charge in [0.15, 0.2) is 0 Å². The van der Waals surface area contributed by atoms with Gasteiger partial charge < -0.3 is 19.3 Å². The van der Waals surface area contributed by atoms with Crippen LogP contribution in [0.25, 0.3) is 0 Å². The van der Waals surface area contributed by atoms with E-state index in [9.17, 15) is 5.11 Å². The van der Waals surface area contributed by atoms with E-state index >= 15 is 0 Å². The molecule has 0 aliphatic heterocycles. The monoisotopic (exact) mass is 232 g/mol. The third-order valence-corrected chi connectivity index (χ3v) is 2.70. The van der Waals surface area contributed by atoms with E-state index in [1.54, 1.807) is 0 Å². The SMILES string of the molecule is CCCOC1C(O)CC1OC(C)COCC. The minimum atomic E-state index is -0.365. The highest BCUT2D eigenvalue weighted by atomic mass is 16.6. The highest BCUT2D eigenvalue weighted by Gasteiger charge is 2.42. The third kappa shape index (κ3) is 4.01. The summed E-state index contributed by atoms with van der Waals surface area (Å²) in [5.41, 5.74) is 0. The molecule has 4 unspecified atom stereocenters. The van der Waals surface area contributed by atoms with Crippen LogP contribution in [0.5, 0.6) is 0 Å². The minimum absolute atomic E-state index is 0.0250. The summed E-state index contributed by atoms with van der Waals surface area (Å²) in [6, 6.07) is 0. The van der Waals surface area contributed by atoms with Crippen LogP contribution in [-0.4, -0.2) is 49.3 Å². The molecule has 0 radical (unpaired) electrons. The second-order valence-electron chi connectivity index (χ2n) is 4.28. The molecule has 4 nitrogen and oxygen atoms in total. The van der Waals surface area contributed by atoms with Crippen molar-refractivity contribution < 1.29 is 19.3 Å². The van der Waals surface area contributed by atoms with E-state index in [1.807, 2.05) is 13.8 Å². The molecule has 0 aromatic heterocycles. The lowest BCUT2D eigenvalue weighted by Crippen LogP contribution is -2.55. The zero-order chi connectivity index (χ0) is 12.0. The summed E-state index contributed by atoms with van der Waals surface area (Å²) in [6.45, 7) is 7.99. The number of aliphatic hydroxyl groups is 1. The molecular weight excluding hydrogens is 208 g/mol. The molecule has 4 atom stereocenters. The van der Waals surface area contributed by atoms with Crippen molar-refractivity contribution in [1.82, 2.24) is 0 Å². The standard InChI is InChI=1S/C12H24O4/c1-4-6-15-12-10(13)7-11(12)16-9(3)8-14-5-2/h9-13H,4-8H2,1-3H3. The van der Waals surface area contributed by atoms with Crippen LogP contribution in [0.1, 0.15) is 33.6 Å². The van der Waals surface area contributed by atoms with E-state index in [2.05, 4.69) is 6.92 Å². The van der Waals surface area contributed by atoms with Gasteiger partial charge in [0.25, 0.3) is 0 Å². The quantitative estimate of drug-likeness (QED) is 0.686.